The number of likely N-dealkylation sites (tertiary alicyclic amines) is 1. The predicted molar refractivity (Wildman–Crippen MR) is 54.4 cm³/mol. The Labute approximate surface area is 80.9 Å². The second kappa shape index (κ2) is 6.01. The first-order valence-corrected chi connectivity index (χ1v) is 5.21. The van der Waals surface area contributed by atoms with Gasteiger partial charge in [-0.2, -0.15) is 0 Å². The van der Waals surface area contributed by atoms with Crippen LogP contribution in [0.5, 0.6) is 0 Å². The van der Waals surface area contributed by atoms with Crippen LogP contribution in [0.1, 0.15) is 32.6 Å². The lowest BCUT2D eigenvalue weighted by Crippen LogP contribution is -2.30. The molecule has 0 bridgehead atoms. The van der Waals surface area contributed by atoms with E-state index in [4.69, 9.17) is 0 Å². The summed E-state index contributed by atoms with van der Waals surface area (Å²) in [4.78, 5) is 2.36. The third kappa shape index (κ3) is 4.31. The Kier molecular flexibility index (Phi) is 4.88. The number of aliphatic hydroxyl groups excluding tert-OH is 1. The van der Waals surface area contributed by atoms with Gasteiger partial charge in [-0.1, -0.05) is 25.2 Å². The van der Waals surface area contributed by atoms with Crippen molar-refractivity contribution in [2.45, 2.75) is 38.7 Å². The van der Waals surface area contributed by atoms with E-state index < -0.39 is 6.10 Å². The molecule has 1 rings (SSSR count). The highest BCUT2D eigenvalue weighted by molar-refractivity contribution is 5.06. The monoisotopic (exact) mass is 181 g/mol. The smallest absolute Gasteiger partial charge is 0.114 e. The molecule has 1 heterocycles. The molecule has 1 aliphatic rings. The summed E-state index contributed by atoms with van der Waals surface area (Å²) in [7, 11) is 0. The lowest BCUT2D eigenvalue weighted by molar-refractivity contribution is 0.227. The molecule has 1 aliphatic heterocycles. The normalized spacial score (nSPS) is 20.5. The van der Waals surface area contributed by atoms with Crippen LogP contribution in [0, 0.1) is 11.8 Å². The van der Waals surface area contributed by atoms with Crippen LogP contribution in [0.2, 0.25) is 0 Å². The second-order valence-corrected chi connectivity index (χ2v) is 3.58. The zero-order valence-corrected chi connectivity index (χ0v) is 8.42. The summed E-state index contributed by atoms with van der Waals surface area (Å²) in [5.41, 5.74) is 0. The fraction of sp³-hybridized carbons (Fsp3) is 0.818. The molecule has 1 N–H and O–H groups in total. The molecule has 0 unspecified atom stereocenters. The van der Waals surface area contributed by atoms with Crippen molar-refractivity contribution in [2.75, 3.05) is 19.6 Å². The topological polar surface area (TPSA) is 23.5 Å². The number of aliphatic hydroxyl groups is 1. The van der Waals surface area contributed by atoms with E-state index in [1.54, 1.807) is 0 Å². The van der Waals surface area contributed by atoms with Crippen molar-refractivity contribution >= 4 is 0 Å². The predicted octanol–water partition coefficient (Wildman–Crippen LogP) is 1.25. The van der Waals surface area contributed by atoms with Crippen LogP contribution in [0.25, 0.3) is 0 Å². The van der Waals surface area contributed by atoms with E-state index in [1.165, 1.54) is 32.4 Å². The molecule has 0 radical (unpaired) electrons. The first kappa shape index (κ1) is 10.6. The minimum Gasteiger partial charge on any atom is -0.380 e. The fourth-order valence-electron chi connectivity index (χ4n) is 1.49. The summed E-state index contributed by atoms with van der Waals surface area (Å²) >= 11 is 0. The highest BCUT2D eigenvalue weighted by Gasteiger charge is 2.07. The van der Waals surface area contributed by atoms with Gasteiger partial charge in [0.25, 0.3) is 0 Å². The summed E-state index contributed by atoms with van der Waals surface area (Å²) in [6.07, 6.45) is 4.27. The standard InChI is InChI=1S/C11H19NO/c1-2-11(13)7-6-10-12-8-4-3-5-9-12/h11,13H,2-5,8-10H2,1H3/t11-/m0/s1. The Bertz CT molecular complexity index is 186. The maximum Gasteiger partial charge on any atom is 0.114 e. The number of nitrogens with zero attached hydrogens (tertiary/aromatic N) is 1. The molecule has 13 heavy (non-hydrogen) atoms. The van der Waals surface area contributed by atoms with Gasteiger partial charge in [-0.05, 0) is 32.4 Å². The number of rotatable bonds is 2. The first-order chi connectivity index (χ1) is 6.33. The molecule has 1 fully saturated rings. The minimum atomic E-state index is -0.426. The van der Waals surface area contributed by atoms with Crippen LogP contribution in [0.4, 0.5) is 0 Å². The zero-order valence-electron chi connectivity index (χ0n) is 8.42. The molecule has 1 saturated heterocycles. The van der Waals surface area contributed by atoms with E-state index in [-0.39, 0.29) is 0 Å². The lowest BCUT2D eigenvalue weighted by atomic mass is 10.1. The molecule has 2 heteroatoms. The molecule has 1 atom stereocenters. The van der Waals surface area contributed by atoms with E-state index >= 15 is 0 Å². The summed E-state index contributed by atoms with van der Waals surface area (Å²) in [6, 6.07) is 0. The summed E-state index contributed by atoms with van der Waals surface area (Å²) in [5.74, 6) is 5.88. The van der Waals surface area contributed by atoms with Gasteiger partial charge in [-0.3, -0.25) is 4.90 Å². The van der Waals surface area contributed by atoms with E-state index in [1.807, 2.05) is 6.92 Å². The van der Waals surface area contributed by atoms with Crippen molar-refractivity contribution in [3.63, 3.8) is 0 Å². The zero-order chi connectivity index (χ0) is 9.52. The van der Waals surface area contributed by atoms with Crippen LogP contribution in [-0.4, -0.2) is 35.7 Å². The third-order valence-corrected chi connectivity index (χ3v) is 2.41. The lowest BCUT2D eigenvalue weighted by Gasteiger charge is -2.23. The van der Waals surface area contributed by atoms with Gasteiger partial charge in [0, 0.05) is 0 Å². The van der Waals surface area contributed by atoms with Gasteiger partial charge in [0.15, 0.2) is 0 Å². The Balaban J connectivity index is 2.18. The molecular weight excluding hydrogens is 162 g/mol. The number of hydrogen-bond donors (Lipinski definition) is 1. The van der Waals surface area contributed by atoms with E-state index in [9.17, 15) is 5.11 Å². The van der Waals surface area contributed by atoms with Gasteiger partial charge in [0.05, 0.1) is 6.54 Å². The van der Waals surface area contributed by atoms with E-state index in [0.29, 0.717) is 0 Å². The largest absolute Gasteiger partial charge is 0.380 e. The van der Waals surface area contributed by atoms with Crippen LogP contribution < -0.4 is 0 Å². The number of hydrogen-bond acceptors (Lipinski definition) is 2. The number of piperidine rings is 1. The Morgan fingerprint density at radius 3 is 2.62 bits per heavy atom. The maximum absolute atomic E-state index is 9.20. The van der Waals surface area contributed by atoms with Crippen LogP contribution in [-0.2, 0) is 0 Å². The molecule has 0 spiro atoms. The highest BCUT2D eigenvalue weighted by atomic mass is 16.3. The highest BCUT2D eigenvalue weighted by Crippen LogP contribution is 2.07. The van der Waals surface area contributed by atoms with Crippen LogP contribution in [0.3, 0.4) is 0 Å². The van der Waals surface area contributed by atoms with Crippen molar-refractivity contribution in [1.82, 2.24) is 4.90 Å². The Morgan fingerprint density at radius 2 is 2.00 bits per heavy atom. The van der Waals surface area contributed by atoms with Crippen LogP contribution >= 0.6 is 0 Å². The van der Waals surface area contributed by atoms with Crippen LogP contribution in [0.15, 0.2) is 0 Å². The second-order valence-electron chi connectivity index (χ2n) is 3.58. The van der Waals surface area contributed by atoms with Crippen molar-refractivity contribution in [1.29, 1.82) is 0 Å². The van der Waals surface area contributed by atoms with Gasteiger partial charge >= 0.3 is 0 Å². The molecule has 0 aromatic rings. The SMILES string of the molecule is CC[C@H](O)C#CCN1CCCCC1. The molecule has 0 saturated carbocycles. The average Bonchev–Trinajstić information content (AvgIpc) is 2.19. The van der Waals surface area contributed by atoms with Gasteiger partial charge in [0.2, 0.25) is 0 Å². The molecule has 0 aliphatic carbocycles. The van der Waals surface area contributed by atoms with Gasteiger partial charge < -0.3 is 5.11 Å². The molecule has 2 nitrogen and oxygen atoms in total. The molecule has 0 aromatic carbocycles. The Hall–Kier alpha value is -0.520. The van der Waals surface area contributed by atoms with E-state index in [2.05, 4.69) is 16.7 Å². The quantitative estimate of drug-likeness (QED) is 0.648. The minimum absolute atomic E-state index is 0.426. The molecular formula is C11H19NO. The summed E-state index contributed by atoms with van der Waals surface area (Å²) in [5, 5.41) is 9.20. The average molecular weight is 181 g/mol. The third-order valence-electron chi connectivity index (χ3n) is 2.41. The van der Waals surface area contributed by atoms with Crippen molar-refractivity contribution in [3.05, 3.63) is 0 Å². The first-order valence-electron chi connectivity index (χ1n) is 5.21. The fourth-order valence-corrected chi connectivity index (χ4v) is 1.49. The van der Waals surface area contributed by atoms with Crippen molar-refractivity contribution in [3.8, 4) is 11.8 Å². The molecule has 0 aromatic heterocycles. The van der Waals surface area contributed by atoms with Crippen molar-refractivity contribution in [2.24, 2.45) is 0 Å². The molecule has 74 valence electrons. The van der Waals surface area contributed by atoms with Gasteiger partial charge in [-0.25, -0.2) is 0 Å². The van der Waals surface area contributed by atoms with Gasteiger partial charge in [0.1, 0.15) is 6.10 Å². The van der Waals surface area contributed by atoms with E-state index in [0.717, 1.165) is 13.0 Å². The maximum atomic E-state index is 9.20. The summed E-state index contributed by atoms with van der Waals surface area (Å²) < 4.78 is 0. The Morgan fingerprint density at radius 1 is 1.31 bits per heavy atom. The molecule has 0 amide bonds. The van der Waals surface area contributed by atoms with Crippen molar-refractivity contribution < 1.29 is 5.11 Å². The van der Waals surface area contributed by atoms with Gasteiger partial charge in [-0.15, -0.1) is 0 Å². The summed E-state index contributed by atoms with van der Waals surface area (Å²) in [6.45, 7) is 5.13.